The molecule has 0 saturated carbocycles. The number of methoxy groups -OCH3 is 1. The van der Waals surface area contributed by atoms with Crippen LogP contribution in [0.1, 0.15) is 5.56 Å². The molecule has 5 rings (SSSR count). The molecule has 3 aromatic carbocycles. The highest BCUT2D eigenvalue weighted by Gasteiger charge is 2.15. The molecule has 0 aliphatic carbocycles. The van der Waals surface area contributed by atoms with Crippen LogP contribution in [-0.4, -0.2) is 22.1 Å². The van der Waals surface area contributed by atoms with Crippen LogP contribution in [0.25, 0.3) is 21.9 Å². The minimum Gasteiger partial charge on any atom is -0.493 e. The van der Waals surface area contributed by atoms with Crippen LogP contribution in [0.3, 0.4) is 0 Å². The summed E-state index contributed by atoms with van der Waals surface area (Å²) in [5, 5.41) is 4.30. The van der Waals surface area contributed by atoms with Gasteiger partial charge in [-0.1, -0.05) is 48.5 Å². The minimum absolute atomic E-state index is 0.459. The van der Waals surface area contributed by atoms with Crippen molar-refractivity contribution in [2.24, 2.45) is 0 Å². The molecule has 2 heterocycles. The summed E-state index contributed by atoms with van der Waals surface area (Å²) < 4.78 is 11.6. The third-order valence-corrected chi connectivity index (χ3v) is 4.94. The SMILES string of the molecule is COc1cc2[nH]c3c(Nc4ccccc4)ncnc3c2cc1OCc1ccccc1. The molecule has 0 aliphatic rings. The number of hydrogen-bond donors (Lipinski definition) is 2. The number of benzene rings is 3. The lowest BCUT2D eigenvalue weighted by molar-refractivity contribution is 0.285. The highest BCUT2D eigenvalue weighted by molar-refractivity contribution is 6.09. The van der Waals surface area contributed by atoms with E-state index in [1.807, 2.05) is 72.8 Å². The summed E-state index contributed by atoms with van der Waals surface area (Å²) in [6.07, 6.45) is 1.57. The number of nitrogens with zero attached hydrogens (tertiary/aromatic N) is 2. The molecule has 2 aromatic heterocycles. The van der Waals surface area contributed by atoms with Gasteiger partial charge in [-0.3, -0.25) is 0 Å². The van der Waals surface area contributed by atoms with Gasteiger partial charge >= 0.3 is 0 Å². The van der Waals surface area contributed by atoms with Crippen molar-refractivity contribution in [1.82, 2.24) is 15.0 Å². The molecule has 0 radical (unpaired) electrons. The van der Waals surface area contributed by atoms with Crippen LogP contribution in [0, 0.1) is 0 Å². The number of para-hydroxylation sites is 1. The van der Waals surface area contributed by atoms with E-state index in [1.165, 1.54) is 0 Å². The van der Waals surface area contributed by atoms with Gasteiger partial charge in [-0.05, 0) is 23.8 Å². The van der Waals surface area contributed by atoms with E-state index in [-0.39, 0.29) is 0 Å². The van der Waals surface area contributed by atoms with E-state index in [0.29, 0.717) is 23.9 Å². The van der Waals surface area contributed by atoms with Crippen LogP contribution in [0.4, 0.5) is 11.5 Å². The van der Waals surface area contributed by atoms with E-state index < -0.39 is 0 Å². The fourth-order valence-electron chi connectivity index (χ4n) is 3.46. The molecule has 148 valence electrons. The van der Waals surface area contributed by atoms with E-state index in [4.69, 9.17) is 9.47 Å². The Morgan fingerprint density at radius 3 is 2.43 bits per heavy atom. The molecule has 6 nitrogen and oxygen atoms in total. The average Bonchev–Trinajstić information content (AvgIpc) is 3.17. The quantitative estimate of drug-likeness (QED) is 0.400. The van der Waals surface area contributed by atoms with Crippen LogP contribution in [0.2, 0.25) is 0 Å². The van der Waals surface area contributed by atoms with Crippen molar-refractivity contribution in [3.05, 3.63) is 84.7 Å². The molecule has 6 heteroatoms. The highest BCUT2D eigenvalue weighted by Crippen LogP contribution is 2.37. The van der Waals surface area contributed by atoms with Crippen LogP contribution in [0.5, 0.6) is 11.5 Å². The molecule has 0 amide bonds. The molecular formula is C24H20N4O2. The van der Waals surface area contributed by atoms with Gasteiger partial charge in [0.1, 0.15) is 24.0 Å². The van der Waals surface area contributed by atoms with Crippen molar-refractivity contribution in [2.75, 3.05) is 12.4 Å². The first kappa shape index (κ1) is 18.0. The maximum Gasteiger partial charge on any atom is 0.162 e. The van der Waals surface area contributed by atoms with Gasteiger partial charge in [-0.2, -0.15) is 0 Å². The lowest BCUT2D eigenvalue weighted by atomic mass is 10.2. The van der Waals surface area contributed by atoms with E-state index in [9.17, 15) is 0 Å². The predicted molar refractivity (Wildman–Crippen MR) is 118 cm³/mol. The molecule has 0 saturated heterocycles. The molecule has 2 N–H and O–H groups in total. The monoisotopic (exact) mass is 396 g/mol. The summed E-state index contributed by atoms with van der Waals surface area (Å²) in [4.78, 5) is 12.3. The Hall–Kier alpha value is -4.06. The Labute approximate surface area is 173 Å². The van der Waals surface area contributed by atoms with Crippen LogP contribution < -0.4 is 14.8 Å². The molecular weight excluding hydrogens is 376 g/mol. The Morgan fingerprint density at radius 1 is 0.900 bits per heavy atom. The fourth-order valence-corrected chi connectivity index (χ4v) is 3.46. The lowest BCUT2D eigenvalue weighted by Crippen LogP contribution is -1.97. The molecule has 0 bridgehead atoms. The number of fused-ring (bicyclic) bond motifs is 3. The first-order chi connectivity index (χ1) is 14.8. The van der Waals surface area contributed by atoms with Crippen LogP contribution >= 0.6 is 0 Å². The molecule has 0 atom stereocenters. The molecule has 5 aromatic rings. The number of hydrogen-bond acceptors (Lipinski definition) is 5. The van der Waals surface area contributed by atoms with E-state index in [2.05, 4.69) is 20.3 Å². The normalized spacial score (nSPS) is 11.0. The second-order valence-corrected chi connectivity index (χ2v) is 6.88. The van der Waals surface area contributed by atoms with Crippen molar-refractivity contribution < 1.29 is 9.47 Å². The van der Waals surface area contributed by atoms with Gasteiger partial charge in [0.05, 0.1) is 12.6 Å². The van der Waals surface area contributed by atoms with Gasteiger partial charge in [-0.25, -0.2) is 9.97 Å². The fraction of sp³-hybridized carbons (Fsp3) is 0.0833. The minimum atomic E-state index is 0.459. The second kappa shape index (κ2) is 7.75. The zero-order valence-electron chi connectivity index (χ0n) is 16.4. The standard InChI is InChI=1S/C24H20N4O2/c1-29-20-13-19-18(12-21(20)30-14-16-8-4-2-5-9-16)22-23(28-19)24(26-15-25-22)27-17-10-6-3-7-11-17/h2-13,15,28H,14H2,1H3,(H,25,26,27). The van der Waals surface area contributed by atoms with Crippen molar-refractivity contribution >= 4 is 33.4 Å². The number of ether oxygens (including phenoxy) is 2. The summed E-state index contributed by atoms with van der Waals surface area (Å²) in [6, 6.07) is 23.9. The smallest absolute Gasteiger partial charge is 0.162 e. The highest BCUT2D eigenvalue weighted by atomic mass is 16.5. The number of nitrogens with one attached hydrogen (secondary N) is 2. The number of rotatable bonds is 6. The third kappa shape index (κ3) is 3.39. The van der Waals surface area contributed by atoms with Gasteiger partial charge < -0.3 is 19.8 Å². The maximum atomic E-state index is 6.07. The summed E-state index contributed by atoms with van der Waals surface area (Å²) in [5.41, 5.74) is 4.62. The van der Waals surface area contributed by atoms with E-state index >= 15 is 0 Å². The lowest BCUT2D eigenvalue weighted by Gasteiger charge is -2.11. The number of anilines is 2. The molecule has 30 heavy (non-hydrogen) atoms. The Balaban J connectivity index is 1.55. The Kier molecular flexibility index (Phi) is 4.65. The van der Waals surface area contributed by atoms with E-state index in [1.54, 1.807) is 13.4 Å². The van der Waals surface area contributed by atoms with Crippen LogP contribution in [-0.2, 0) is 6.61 Å². The zero-order valence-corrected chi connectivity index (χ0v) is 16.4. The van der Waals surface area contributed by atoms with E-state index in [0.717, 1.165) is 33.2 Å². The first-order valence-electron chi connectivity index (χ1n) is 9.65. The summed E-state index contributed by atoms with van der Waals surface area (Å²) in [6.45, 7) is 0.459. The average molecular weight is 396 g/mol. The number of H-pyrrole nitrogens is 1. The van der Waals surface area contributed by atoms with Gasteiger partial charge in [0.2, 0.25) is 0 Å². The Morgan fingerprint density at radius 2 is 1.67 bits per heavy atom. The maximum absolute atomic E-state index is 6.07. The summed E-state index contributed by atoms with van der Waals surface area (Å²) in [5.74, 6) is 2.05. The van der Waals surface area contributed by atoms with Crippen molar-refractivity contribution in [1.29, 1.82) is 0 Å². The zero-order chi connectivity index (χ0) is 20.3. The van der Waals surface area contributed by atoms with Gasteiger partial charge in [0, 0.05) is 17.1 Å². The topological polar surface area (TPSA) is 72.1 Å². The predicted octanol–water partition coefficient (Wildman–Crippen LogP) is 5.44. The molecule has 0 aliphatic heterocycles. The first-order valence-corrected chi connectivity index (χ1v) is 9.65. The Bertz CT molecular complexity index is 1300. The van der Waals surface area contributed by atoms with Crippen molar-refractivity contribution in [3.8, 4) is 11.5 Å². The summed E-state index contributed by atoms with van der Waals surface area (Å²) in [7, 11) is 1.64. The number of aromatic nitrogens is 3. The van der Waals surface area contributed by atoms with Crippen LogP contribution in [0.15, 0.2) is 79.1 Å². The second-order valence-electron chi connectivity index (χ2n) is 6.88. The third-order valence-electron chi connectivity index (χ3n) is 4.94. The molecule has 0 spiro atoms. The van der Waals surface area contributed by atoms with Crippen molar-refractivity contribution in [3.63, 3.8) is 0 Å². The largest absolute Gasteiger partial charge is 0.493 e. The summed E-state index contributed by atoms with van der Waals surface area (Å²) >= 11 is 0. The number of aromatic amines is 1. The van der Waals surface area contributed by atoms with Crippen molar-refractivity contribution in [2.45, 2.75) is 6.61 Å². The van der Waals surface area contributed by atoms with Gasteiger partial charge in [0.25, 0.3) is 0 Å². The van der Waals surface area contributed by atoms with Gasteiger partial charge in [-0.15, -0.1) is 0 Å². The van der Waals surface area contributed by atoms with Gasteiger partial charge in [0.15, 0.2) is 17.3 Å². The molecule has 0 fully saturated rings. The molecule has 0 unspecified atom stereocenters.